The van der Waals surface area contributed by atoms with E-state index in [2.05, 4.69) is 11.8 Å². The lowest BCUT2D eigenvalue weighted by Crippen LogP contribution is -2.18. The summed E-state index contributed by atoms with van der Waals surface area (Å²) < 4.78 is 5.21. The SMILES string of the molecule is CC1=C=CC=c2occc2=C1. The van der Waals surface area contributed by atoms with Crippen molar-refractivity contribution < 1.29 is 4.42 Å². The third-order valence-electron chi connectivity index (χ3n) is 1.64. The minimum atomic E-state index is 0.911. The Balaban J connectivity index is 2.87. The molecule has 0 aliphatic heterocycles. The second-order valence-corrected chi connectivity index (χ2v) is 2.55. The average molecular weight is 144 g/mol. The van der Waals surface area contributed by atoms with Gasteiger partial charge in [0.1, 0.15) is 5.42 Å². The van der Waals surface area contributed by atoms with E-state index in [0.717, 1.165) is 16.2 Å². The molecule has 0 spiro atoms. The first kappa shape index (κ1) is 6.26. The van der Waals surface area contributed by atoms with Crippen LogP contribution in [0.1, 0.15) is 6.92 Å². The summed E-state index contributed by atoms with van der Waals surface area (Å²) in [6, 6.07) is 1.95. The largest absolute Gasteiger partial charge is 0.464 e. The number of allylic oxidation sites excluding steroid dienone is 1. The van der Waals surface area contributed by atoms with E-state index < -0.39 is 0 Å². The normalized spacial score (nSPS) is 14.1. The topological polar surface area (TPSA) is 13.1 Å². The van der Waals surface area contributed by atoms with Gasteiger partial charge < -0.3 is 4.42 Å². The highest BCUT2D eigenvalue weighted by Crippen LogP contribution is 1.92. The molecule has 1 heteroatoms. The van der Waals surface area contributed by atoms with Crippen molar-refractivity contribution in [3.63, 3.8) is 0 Å². The third kappa shape index (κ3) is 1.06. The summed E-state index contributed by atoms with van der Waals surface area (Å²) in [4.78, 5) is 0. The lowest BCUT2D eigenvalue weighted by molar-refractivity contribution is 0.531. The standard InChI is InChI=1S/C10H8O/c1-8-3-2-4-10-9(7-8)5-6-11-10/h2,4-7H,1H3. The molecule has 0 atom stereocenters. The van der Waals surface area contributed by atoms with E-state index in [1.54, 1.807) is 6.26 Å². The molecule has 0 aromatic carbocycles. The molecule has 2 rings (SSSR count). The molecule has 1 aromatic heterocycles. The van der Waals surface area contributed by atoms with Crippen LogP contribution in [0.4, 0.5) is 0 Å². The van der Waals surface area contributed by atoms with Crippen molar-refractivity contribution in [2.45, 2.75) is 6.92 Å². The van der Waals surface area contributed by atoms with Crippen LogP contribution in [0.5, 0.6) is 0 Å². The predicted molar refractivity (Wildman–Crippen MR) is 44.2 cm³/mol. The molecule has 0 N–H and O–H groups in total. The van der Waals surface area contributed by atoms with Crippen LogP contribution in [0.3, 0.4) is 0 Å². The summed E-state index contributed by atoms with van der Waals surface area (Å²) in [6.45, 7) is 2.02. The lowest BCUT2D eigenvalue weighted by atomic mass is 10.3. The Morgan fingerprint density at radius 3 is 3.27 bits per heavy atom. The Morgan fingerprint density at radius 2 is 2.36 bits per heavy atom. The maximum absolute atomic E-state index is 5.21. The summed E-state index contributed by atoms with van der Waals surface area (Å²) in [5.74, 6) is 0. The van der Waals surface area contributed by atoms with Gasteiger partial charge in [-0.1, -0.05) is 0 Å². The predicted octanol–water partition coefficient (Wildman–Crippen LogP) is 0.956. The van der Waals surface area contributed by atoms with Crippen molar-refractivity contribution in [1.29, 1.82) is 0 Å². The second-order valence-electron chi connectivity index (χ2n) is 2.55. The zero-order valence-electron chi connectivity index (χ0n) is 6.29. The smallest absolute Gasteiger partial charge is 0.134 e. The van der Waals surface area contributed by atoms with E-state index >= 15 is 0 Å². The van der Waals surface area contributed by atoms with Gasteiger partial charge in [-0.05, 0) is 36.8 Å². The number of fused-ring (bicyclic) bond motifs is 1. The molecule has 0 bridgehead atoms. The van der Waals surface area contributed by atoms with E-state index in [-0.39, 0.29) is 0 Å². The molecule has 0 unspecified atom stereocenters. The molecular formula is C10H8O. The highest BCUT2D eigenvalue weighted by molar-refractivity contribution is 5.50. The van der Waals surface area contributed by atoms with Gasteiger partial charge in [-0.15, -0.1) is 5.73 Å². The van der Waals surface area contributed by atoms with Crippen molar-refractivity contribution in [1.82, 2.24) is 0 Å². The first-order valence-electron chi connectivity index (χ1n) is 3.55. The Morgan fingerprint density at radius 1 is 1.45 bits per heavy atom. The van der Waals surface area contributed by atoms with Gasteiger partial charge in [-0.2, -0.15) is 0 Å². The molecule has 11 heavy (non-hydrogen) atoms. The first-order chi connectivity index (χ1) is 5.36. The molecule has 0 saturated carbocycles. The zero-order valence-corrected chi connectivity index (χ0v) is 6.29. The van der Waals surface area contributed by atoms with E-state index in [1.807, 2.05) is 25.1 Å². The van der Waals surface area contributed by atoms with Gasteiger partial charge in [0.2, 0.25) is 0 Å². The Kier molecular flexibility index (Phi) is 1.31. The van der Waals surface area contributed by atoms with Crippen LogP contribution in [-0.4, -0.2) is 0 Å². The fourth-order valence-electron chi connectivity index (χ4n) is 1.11. The van der Waals surface area contributed by atoms with E-state index in [0.29, 0.717) is 0 Å². The van der Waals surface area contributed by atoms with Gasteiger partial charge in [-0.25, -0.2) is 0 Å². The molecule has 0 fully saturated rings. The van der Waals surface area contributed by atoms with Crippen LogP contribution >= 0.6 is 0 Å². The summed E-state index contributed by atoms with van der Waals surface area (Å²) in [6.07, 6.45) is 7.55. The van der Waals surface area contributed by atoms with Crippen LogP contribution in [0.15, 0.2) is 34.1 Å². The van der Waals surface area contributed by atoms with Gasteiger partial charge in [0.05, 0.1) is 6.26 Å². The molecule has 0 amide bonds. The molecule has 1 aromatic rings. The number of hydrogen-bond donors (Lipinski definition) is 0. The van der Waals surface area contributed by atoms with Gasteiger partial charge in [-0.3, -0.25) is 0 Å². The van der Waals surface area contributed by atoms with Gasteiger partial charge in [0.25, 0.3) is 0 Å². The second kappa shape index (κ2) is 2.30. The molecule has 0 radical (unpaired) electrons. The number of hydrogen-bond acceptors (Lipinski definition) is 1. The highest BCUT2D eigenvalue weighted by Gasteiger charge is 1.90. The molecule has 1 aliphatic rings. The maximum Gasteiger partial charge on any atom is 0.134 e. The summed E-state index contributed by atoms with van der Waals surface area (Å²) in [7, 11) is 0. The van der Waals surface area contributed by atoms with Gasteiger partial charge in [0.15, 0.2) is 0 Å². The van der Waals surface area contributed by atoms with E-state index in [4.69, 9.17) is 4.42 Å². The Hall–Kier alpha value is -1.46. The molecule has 1 aliphatic carbocycles. The molecule has 1 nitrogen and oxygen atoms in total. The van der Waals surface area contributed by atoms with Crippen molar-refractivity contribution >= 4 is 12.2 Å². The highest BCUT2D eigenvalue weighted by atomic mass is 16.3. The van der Waals surface area contributed by atoms with Crippen molar-refractivity contribution in [2.24, 2.45) is 0 Å². The van der Waals surface area contributed by atoms with Crippen LogP contribution in [-0.2, 0) is 0 Å². The molecular weight excluding hydrogens is 136 g/mol. The number of rotatable bonds is 0. The zero-order chi connectivity index (χ0) is 7.68. The van der Waals surface area contributed by atoms with Crippen LogP contribution in [0.25, 0.3) is 12.2 Å². The summed E-state index contributed by atoms with van der Waals surface area (Å²) >= 11 is 0. The summed E-state index contributed by atoms with van der Waals surface area (Å²) in [5, 5.41) is 1.13. The number of furan rings is 1. The van der Waals surface area contributed by atoms with Crippen LogP contribution in [0.2, 0.25) is 0 Å². The fourth-order valence-corrected chi connectivity index (χ4v) is 1.11. The Labute approximate surface area is 64.7 Å². The first-order valence-corrected chi connectivity index (χ1v) is 3.55. The van der Waals surface area contributed by atoms with Crippen molar-refractivity contribution in [3.8, 4) is 0 Å². The minimum absolute atomic E-state index is 0.911. The van der Waals surface area contributed by atoms with Crippen LogP contribution < -0.4 is 10.6 Å². The average Bonchev–Trinajstić information content (AvgIpc) is 2.31. The molecule has 0 saturated heterocycles. The fraction of sp³-hybridized carbons (Fsp3) is 0.100. The molecule has 1 heterocycles. The quantitative estimate of drug-likeness (QED) is 0.494. The minimum Gasteiger partial charge on any atom is -0.464 e. The van der Waals surface area contributed by atoms with E-state index in [9.17, 15) is 0 Å². The van der Waals surface area contributed by atoms with Crippen molar-refractivity contribution in [3.05, 3.63) is 40.3 Å². The molecule has 54 valence electrons. The summed E-state index contributed by atoms with van der Waals surface area (Å²) in [5.41, 5.74) is 5.14. The lowest BCUT2D eigenvalue weighted by Gasteiger charge is -1.78. The Bertz CT molecular complexity index is 439. The van der Waals surface area contributed by atoms with Gasteiger partial charge >= 0.3 is 0 Å². The van der Waals surface area contributed by atoms with Gasteiger partial charge in [0, 0.05) is 5.22 Å². The third-order valence-corrected chi connectivity index (χ3v) is 1.64. The van der Waals surface area contributed by atoms with E-state index in [1.165, 1.54) is 0 Å². The monoisotopic (exact) mass is 144 g/mol. The maximum atomic E-state index is 5.21. The van der Waals surface area contributed by atoms with Crippen LogP contribution in [0, 0.1) is 0 Å². The van der Waals surface area contributed by atoms with Crippen molar-refractivity contribution in [2.75, 3.05) is 0 Å².